The van der Waals surface area contributed by atoms with Crippen LogP contribution in [0.2, 0.25) is 0 Å². The molecule has 7 heteroatoms. The molecule has 0 N–H and O–H groups in total. The number of benzene rings is 10. The van der Waals surface area contributed by atoms with E-state index in [0.29, 0.717) is 17.0 Å². The van der Waals surface area contributed by atoms with Crippen molar-refractivity contribution < 1.29 is 22.0 Å². The Morgan fingerprint density at radius 1 is 0.392 bits per heavy atom. The maximum absolute atomic E-state index is 15.7. The summed E-state index contributed by atoms with van der Waals surface area (Å²) in [5, 5.41) is 3.87. The fourth-order valence-electron chi connectivity index (χ4n) is 13.6. The van der Waals surface area contributed by atoms with Gasteiger partial charge >= 0.3 is 6.18 Å². The number of nitrogens with zero attached hydrogens (tertiary/aromatic N) is 2. The predicted molar refractivity (Wildman–Crippen MR) is 318 cm³/mol. The number of rotatable bonds is 8. The lowest BCUT2D eigenvalue weighted by Gasteiger charge is -2.47. The summed E-state index contributed by atoms with van der Waals surface area (Å²) in [5.74, 6) is 0.404. The molecule has 388 valence electrons. The van der Waals surface area contributed by atoms with Crippen molar-refractivity contribution in [3.05, 3.63) is 262 Å². The number of anilines is 6. The molecule has 0 unspecified atom stereocenters. The summed E-state index contributed by atoms with van der Waals surface area (Å²) in [7, 11) is 0. The first-order valence-corrected chi connectivity index (χ1v) is 27.4. The van der Waals surface area contributed by atoms with E-state index in [1.54, 1.807) is 17.0 Å². The Kier molecular flexibility index (Phi) is 10.8. The van der Waals surface area contributed by atoms with Crippen LogP contribution in [0.15, 0.2) is 215 Å². The van der Waals surface area contributed by atoms with Crippen molar-refractivity contribution in [1.29, 1.82) is 0 Å². The first-order chi connectivity index (χ1) is 38.2. The average molecular weight is 1040 g/mol. The molecular weight excluding hydrogens is 982 g/mol. The van der Waals surface area contributed by atoms with Crippen LogP contribution in [0.4, 0.5) is 47.3 Å². The van der Waals surface area contributed by atoms with E-state index in [9.17, 15) is 0 Å². The molecular formula is C72H57F3N2O2. The second-order valence-electron chi connectivity index (χ2n) is 22.7. The second-order valence-corrected chi connectivity index (χ2v) is 22.7. The van der Waals surface area contributed by atoms with Gasteiger partial charge in [-0.25, -0.2) is 0 Å². The zero-order valence-electron chi connectivity index (χ0n) is 45.1. The Hall–Kier alpha value is -8.81. The van der Waals surface area contributed by atoms with Gasteiger partial charge in [0.2, 0.25) is 0 Å². The van der Waals surface area contributed by atoms with Crippen molar-refractivity contribution in [2.45, 2.75) is 77.3 Å². The molecule has 0 aliphatic heterocycles. The van der Waals surface area contributed by atoms with E-state index in [0.717, 1.165) is 105 Å². The zero-order valence-corrected chi connectivity index (χ0v) is 45.1. The molecule has 0 bridgehead atoms. The van der Waals surface area contributed by atoms with E-state index < -0.39 is 22.6 Å². The third-order valence-electron chi connectivity index (χ3n) is 17.2. The molecule has 2 aliphatic rings. The van der Waals surface area contributed by atoms with Gasteiger partial charge in [0.25, 0.3) is 0 Å². The minimum absolute atomic E-state index is 0.00133. The molecule has 1 spiro atoms. The topological polar surface area (TPSA) is 32.8 Å². The van der Waals surface area contributed by atoms with Gasteiger partial charge in [0.05, 0.1) is 28.0 Å². The average Bonchev–Trinajstić information content (AvgIpc) is 3.83. The van der Waals surface area contributed by atoms with Gasteiger partial charge in [0, 0.05) is 44.0 Å². The number of alkyl halides is 3. The van der Waals surface area contributed by atoms with Crippen LogP contribution in [0.25, 0.3) is 55.0 Å². The SMILES string of the molecule is Cc1ccccc1N(c1ccc2c(c1)C1(c3cc(N(c4ccccc4C(F)(F)F)c4cccc5c4oc4c(C(C)C)cccc45)ccc3-2)c2ccccc2C(C)(C)c2ccccc21)c1cccc2c1oc1c(C(C)C)cccc12. The third-order valence-corrected chi connectivity index (χ3v) is 17.2. The van der Waals surface area contributed by atoms with E-state index in [4.69, 9.17) is 8.83 Å². The summed E-state index contributed by atoms with van der Waals surface area (Å²) < 4.78 is 61.0. The number of halogens is 3. The minimum Gasteiger partial charge on any atom is -0.454 e. The first kappa shape index (κ1) is 48.6. The highest BCUT2D eigenvalue weighted by molar-refractivity contribution is 6.13. The van der Waals surface area contributed by atoms with E-state index in [2.05, 4.69) is 199 Å². The highest BCUT2D eigenvalue weighted by atomic mass is 19.4. The third kappa shape index (κ3) is 7.00. The minimum atomic E-state index is -4.68. The number of para-hydroxylation sites is 6. The quantitative estimate of drug-likeness (QED) is 0.152. The lowest BCUT2D eigenvalue weighted by molar-refractivity contribution is -0.137. The molecule has 79 heavy (non-hydrogen) atoms. The first-order valence-electron chi connectivity index (χ1n) is 27.4. The standard InChI is InChI=1S/C72H57F3N2O2/c1-42(2)47-21-16-23-51-53-25-18-34-64(68(53)78-66(47)51)76(62-32-14-8-20-44(62)5)45-36-38-49-50-39-37-46(41-61(50)71(60(49)40-45)57-29-11-9-27-55(57)70(6,7)56-28-10-12-30-58(56)71)77(63-33-15-13-31-59(63)72(73,74)75)65-35-19-26-54-52-24-17-22-48(43(3)4)67(52)79-69(54)65/h8-43H,1-7H3. The lowest BCUT2D eigenvalue weighted by Crippen LogP contribution is -2.40. The normalized spacial score (nSPS) is 14.1. The molecule has 0 saturated carbocycles. The molecule has 0 saturated heterocycles. The van der Waals surface area contributed by atoms with Crippen LogP contribution in [0.5, 0.6) is 0 Å². The summed E-state index contributed by atoms with van der Waals surface area (Å²) in [6.45, 7) is 15.4. The molecule has 0 amide bonds. The van der Waals surface area contributed by atoms with Crippen molar-refractivity contribution in [3.8, 4) is 11.1 Å². The maximum atomic E-state index is 15.7. The number of hydrogen-bond acceptors (Lipinski definition) is 4. The van der Waals surface area contributed by atoms with Gasteiger partial charge in [-0.1, -0.05) is 193 Å². The van der Waals surface area contributed by atoms with Crippen molar-refractivity contribution in [2.24, 2.45) is 0 Å². The van der Waals surface area contributed by atoms with Gasteiger partial charge in [-0.15, -0.1) is 0 Å². The fourth-order valence-corrected chi connectivity index (χ4v) is 13.6. The highest BCUT2D eigenvalue weighted by Crippen LogP contribution is 2.64. The van der Waals surface area contributed by atoms with Crippen LogP contribution in [-0.4, -0.2) is 0 Å². The Morgan fingerprint density at radius 2 is 0.785 bits per heavy atom. The van der Waals surface area contributed by atoms with Gasteiger partial charge in [-0.3, -0.25) is 0 Å². The lowest BCUT2D eigenvalue weighted by atomic mass is 9.55. The van der Waals surface area contributed by atoms with Crippen molar-refractivity contribution in [2.75, 3.05) is 9.80 Å². The van der Waals surface area contributed by atoms with Crippen LogP contribution in [0.3, 0.4) is 0 Å². The summed E-state index contributed by atoms with van der Waals surface area (Å²) >= 11 is 0. The number of furan rings is 2. The molecule has 0 radical (unpaired) electrons. The Morgan fingerprint density at radius 3 is 1.25 bits per heavy atom. The molecule has 0 fully saturated rings. The maximum Gasteiger partial charge on any atom is 0.418 e. The smallest absolute Gasteiger partial charge is 0.418 e. The van der Waals surface area contributed by atoms with Crippen LogP contribution in [-0.2, 0) is 17.0 Å². The molecule has 2 aliphatic carbocycles. The molecule has 12 aromatic rings. The van der Waals surface area contributed by atoms with E-state index in [1.165, 1.54) is 23.3 Å². The van der Waals surface area contributed by atoms with Crippen LogP contribution < -0.4 is 9.80 Å². The monoisotopic (exact) mass is 1040 g/mol. The van der Waals surface area contributed by atoms with Crippen molar-refractivity contribution in [3.63, 3.8) is 0 Å². The van der Waals surface area contributed by atoms with Crippen LogP contribution in [0, 0.1) is 6.92 Å². The van der Waals surface area contributed by atoms with Crippen LogP contribution >= 0.6 is 0 Å². The van der Waals surface area contributed by atoms with Crippen LogP contribution in [0.1, 0.15) is 109 Å². The van der Waals surface area contributed by atoms with E-state index >= 15 is 13.2 Å². The second kappa shape index (κ2) is 17.6. The largest absolute Gasteiger partial charge is 0.454 e. The summed E-state index contributed by atoms with van der Waals surface area (Å²) in [4.78, 5) is 4.12. The number of fused-ring (bicyclic) bond motifs is 15. The summed E-state index contributed by atoms with van der Waals surface area (Å²) in [6, 6.07) is 69.9. The fraction of sp³-hybridized carbons (Fsp3) is 0.167. The van der Waals surface area contributed by atoms with E-state index in [-0.39, 0.29) is 17.5 Å². The molecule has 4 nitrogen and oxygen atoms in total. The molecule has 2 aromatic heterocycles. The van der Waals surface area contributed by atoms with E-state index in [1.807, 2.05) is 36.4 Å². The number of aryl methyl sites for hydroxylation is 1. The molecule has 2 heterocycles. The number of hydrogen-bond donors (Lipinski definition) is 0. The molecule has 0 atom stereocenters. The van der Waals surface area contributed by atoms with Gasteiger partial charge < -0.3 is 18.6 Å². The van der Waals surface area contributed by atoms with Gasteiger partial charge in [0.1, 0.15) is 11.2 Å². The molecule has 10 aromatic carbocycles. The van der Waals surface area contributed by atoms with Crippen molar-refractivity contribution >= 4 is 78.0 Å². The Labute approximate surface area is 458 Å². The molecule has 14 rings (SSSR count). The Balaban J connectivity index is 1.07. The highest BCUT2D eigenvalue weighted by Gasteiger charge is 2.54. The Bertz CT molecular complexity index is 4410. The summed E-state index contributed by atoms with van der Waals surface area (Å²) in [5.41, 5.74) is 16.8. The van der Waals surface area contributed by atoms with Gasteiger partial charge in [-0.05, 0) is 135 Å². The summed E-state index contributed by atoms with van der Waals surface area (Å²) in [6.07, 6.45) is -4.68. The van der Waals surface area contributed by atoms with Crippen molar-refractivity contribution in [1.82, 2.24) is 0 Å². The van der Waals surface area contributed by atoms with Gasteiger partial charge in [0.15, 0.2) is 11.2 Å². The predicted octanol–water partition coefficient (Wildman–Crippen LogP) is 21.0. The zero-order chi connectivity index (χ0) is 54.3. The van der Waals surface area contributed by atoms with Gasteiger partial charge in [-0.2, -0.15) is 13.2 Å².